The molecule has 1 aliphatic carbocycles. The molecule has 0 spiro atoms. The Kier molecular flexibility index (Phi) is 11.4. The van der Waals surface area contributed by atoms with Gasteiger partial charge in [0.15, 0.2) is 5.82 Å². The molecule has 5 heterocycles. The smallest absolute Gasteiger partial charge is 0.409 e. The molecular weight excluding hydrogens is 763 g/mol. The van der Waals surface area contributed by atoms with Crippen LogP contribution in [0.5, 0.6) is 17.6 Å². The van der Waals surface area contributed by atoms with Gasteiger partial charge >= 0.3 is 12.1 Å². The number of fused-ring (bicyclic) bond motifs is 3. The number of methoxy groups -OCH3 is 1. The summed E-state index contributed by atoms with van der Waals surface area (Å²) >= 11 is 0. The third kappa shape index (κ3) is 7.90. The standard InChI is InChI=1S/C44H52F2N6O7/c1-5-18-58-42(54)51-16-12-27(23-51)22-50-15-8-14-44(13-7-9-33(44)50)26-59-41-48-38-35(39(49-41)52-17-19-57-25-43(3,55)24-52)40(56-4)47-37(36(38)46)31-21-29(53)20-28-10-11-32(45)30(6-2)34(28)31/h2,10-11,20-21,27,33,53,55H,5,7-9,12-19,22-26H2,1,3-4H3. The number of β-amino-alcohol motifs (C(OH)–C–C–N with tert-alkyl or cyclic N) is 1. The topological polar surface area (TPSA) is 143 Å². The van der Waals surface area contributed by atoms with Crippen molar-refractivity contribution in [1.29, 1.82) is 0 Å². The minimum Gasteiger partial charge on any atom is -0.508 e. The van der Waals surface area contributed by atoms with Gasteiger partial charge in [0, 0.05) is 48.6 Å². The Bertz CT molecular complexity index is 2290. The lowest BCUT2D eigenvalue weighted by molar-refractivity contribution is -0.0123. The van der Waals surface area contributed by atoms with Gasteiger partial charge in [-0.1, -0.05) is 25.3 Å². The number of pyridine rings is 1. The van der Waals surface area contributed by atoms with Gasteiger partial charge in [0.05, 0.1) is 45.6 Å². The predicted molar refractivity (Wildman–Crippen MR) is 218 cm³/mol. The Balaban J connectivity index is 1.17. The Labute approximate surface area is 342 Å². The number of hydrogen-bond donors (Lipinski definition) is 2. The maximum atomic E-state index is 17.4. The average molecular weight is 815 g/mol. The maximum absolute atomic E-state index is 17.4. The van der Waals surface area contributed by atoms with Crippen molar-refractivity contribution in [2.75, 3.05) is 77.7 Å². The number of anilines is 1. The molecule has 2 aromatic carbocycles. The first-order valence-electron chi connectivity index (χ1n) is 20.6. The zero-order valence-corrected chi connectivity index (χ0v) is 33.9. The molecular formula is C44H52F2N6O7. The summed E-state index contributed by atoms with van der Waals surface area (Å²) in [7, 11) is 1.39. The summed E-state index contributed by atoms with van der Waals surface area (Å²) in [6.45, 7) is 8.36. The molecule has 8 rings (SSSR count). The number of hydrogen-bond acceptors (Lipinski definition) is 12. The number of ether oxygens (including phenoxy) is 4. The molecule has 13 nitrogen and oxygen atoms in total. The van der Waals surface area contributed by atoms with Crippen molar-refractivity contribution >= 4 is 33.6 Å². The molecule has 4 unspecified atom stereocenters. The number of halogens is 2. The van der Waals surface area contributed by atoms with Crippen molar-refractivity contribution in [2.24, 2.45) is 11.3 Å². The number of aromatic nitrogens is 3. The van der Waals surface area contributed by atoms with Crippen LogP contribution in [-0.4, -0.2) is 126 Å². The van der Waals surface area contributed by atoms with E-state index < -0.39 is 17.2 Å². The van der Waals surface area contributed by atoms with Crippen LogP contribution in [0.15, 0.2) is 24.3 Å². The first kappa shape index (κ1) is 40.7. The molecule has 2 aromatic heterocycles. The van der Waals surface area contributed by atoms with Crippen LogP contribution in [0.25, 0.3) is 32.9 Å². The van der Waals surface area contributed by atoms with Gasteiger partial charge < -0.3 is 39.0 Å². The summed E-state index contributed by atoms with van der Waals surface area (Å²) in [4.78, 5) is 33.0. The molecule has 0 bridgehead atoms. The van der Waals surface area contributed by atoms with Crippen LogP contribution >= 0.6 is 0 Å². The summed E-state index contributed by atoms with van der Waals surface area (Å²) in [5.74, 6) is 1.18. The SMILES string of the molecule is C#Cc1c(F)ccc2cc(O)cc(-c3nc(OC)c4c(N5CCOCC(C)(O)C5)nc(OCC56CCCC5N(CC5CCN(C(=O)OCCC)C5)CCC6)nc4c3F)c12. The highest BCUT2D eigenvalue weighted by atomic mass is 19.1. The number of phenols is 1. The van der Waals surface area contributed by atoms with Gasteiger partial charge in [0.25, 0.3) is 0 Å². The van der Waals surface area contributed by atoms with Crippen molar-refractivity contribution in [2.45, 2.75) is 70.4 Å². The highest BCUT2D eigenvalue weighted by Gasteiger charge is 2.49. The fraction of sp³-hybridized carbons (Fsp3) is 0.545. The van der Waals surface area contributed by atoms with Gasteiger partial charge in [-0.2, -0.15) is 9.97 Å². The number of nitrogens with zero attached hydrogens (tertiary/aromatic N) is 6. The molecule has 314 valence electrons. The molecule has 2 N–H and O–H groups in total. The second kappa shape index (κ2) is 16.5. The van der Waals surface area contributed by atoms with Crippen molar-refractivity contribution in [3.8, 4) is 41.2 Å². The molecule has 1 amide bonds. The van der Waals surface area contributed by atoms with Crippen LogP contribution < -0.4 is 14.4 Å². The van der Waals surface area contributed by atoms with Gasteiger partial charge in [-0.25, -0.2) is 18.6 Å². The molecule has 4 atom stereocenters. The predicted octanol–water partition coefficient (Wildman–Crippen LogP) is 6.29. The van der Waals surface area contributed by atoms with Crippen molar-refractivity contribution < 1.29 is 42.7 Å². The quantitative estimate of drug-likeness (QED) is 0.174. The Morgan fingerprint density at radius 1 is 1.10 bits per heavy atom. The van der Waals surface area contributed by atoms with E-state index in [4.69, 9.17) is 35.3 Å². The second-order valence-corrected chi connectivity index (χ2v) is 16.8. The number of aromatic hydroxyl groups is 1. The number of terminal acetylenes is 1. The number of phenolic OH excluding ortho intramolecular Hbond substituents is 1. The van der Waals surface area contributed by atoms with Gasteiger partial charge in [0.2, 0.25) is 5.88 Å². The van der Waals surface area contributed by atoms with Gasteiger partial charge in [0.1, 0.15) is 39.6 Å². The van der Waals surface area contributed by atoms with E-state index in [-0.39, 0.29) is 93.9 Å². The molecule has 3 saturated heterocycles. The van der Waals surface area contributed by atoms with Crippen molar-refractivity contribution in [1.82, 2.24) is 24.8 Å². The first-order chi connectivity index (χ1) is 28.4. The lowest BCUT2D eigenvalue weighted by Crippen LogP contribution is -2.53. The van der Waals surface area contributed by atoms with Crippen LogP contribution in [0.2, 0.25) is 0 Å². The zero-order chi connectivity index (χ0) is 41.5. The molecule has 4 aromatic rings. The average Bonchev–Trinajstić information content (AvgIpc) is 3.84. The monoisotopic (exact) mass is 814 g/mol. The fourth-order valence-corrected chi connectivity index (χ4v) is 9.86. The Morgan fingerprint density at radius 3 is 2.73 bits per heavy atom. The number of carbonyl (C=O) groups excluding carboxylic acids is 1. The normalized spacial score (nSPS) is 24.9. The number of rotatable bonds is 10. The van der Waals surface area contributed by atoms with E-state index in [1.54, 1.807) is 11.8 Å². The maximum Gasteiger partial charge on any atom is 0.409 e. The van der Waals surface area contributed by atoms with E-state index in [2.05, 4.69) is 15.8 Å². The van der Waals surface area contributed by atoms with E-state index in [1.165, 1.54) is 31.4 Å². The summed E-state index contributed by atoms with van der Waals surface area (Å²) < 4.78 is 56.1. The summed E-state index contributed by atoms with van der Waals surface area (Å²) in [6.07, 6.45) is 12.2. The van der Waals surface area contributed by atoms with Gasteiger partial charge in [-0.3, -0.25) is 4.90 Å². The van der Waals surface area contributed by atoms with Gasteiger partial charge in [-0.15, -0.1) is 6.42 Å². The first-order valence-corrected chi connectivity index (χ1v) is 20.6. The number of likely N-dealkylation sites (tertiary alicyclic amines) is 2. The highest BCUT2D eigenvalue weighted by molar-refractivity contribution is 6.04. The summed E-state index contributed by atoms with van der Waals surface area (Å²) in [5.41, 5.74) is -1.94. The Morgan fingerprint density at radius 2 is 1.93 bits per heavy atom. The number of piperidine rings is 1. The van der Waals surface area contributed by atoms with Crippen LogP contribution in [0.3, 0.4) is 0 Å². The third-order valence-corrected chi connectivity index (χ3v) is 12.5. The third-order valence-electron chi connectivity index (χ3n) is 12.5. The fourth-order valence-electron chi connectivity index (χ4n) is 9.86. The molecule has 1 saturated carbocycles. The highest BCUT2D eigenvalue weighted by Crippen LogP contribution is 2.49. The van der Waals surface area contributed by atoms with Crippen LogP contribution in [0, 0.1) is 35.3 Å². The molecule has 15 heteroatoms. The van der Waals surface area contributed by atoms with Gasteiger partial charge in [-0.05, 0) is 81.5 Å². The van der Waals surface area contributed by atoms with Crippen molar-refractivity contribution in [3.05, 3.63) is 41.5 Å². The summed E-state index contributed by atoms with van der Waals surface area (Å²) in [6, 6.07) is 5.57. The van der Waals surface area contributed by atoms with Crippen molar-refractivity contribution in [3.63, 3.8) is 0 Å². The van der Waals surface area contributed by atoms with E-state index >= 15 is 8.78 Å². The Hall–Kier alpha value is -5.04. The molecule has 3 aliphatic heterocycles. The molecule has 59 heavy (non-hydrogen) atoms. The van der Waals surface area contributed by atoms with Crippen LogP contribution in [0.4, 0.5) is 19.4 Å². The van der Waals surface area contributed by atoms with E-state index in [9.17, 15) is 15.0 Å². The molecule has 0 radical (unpaired) electrons. The number of benzene rings is 2. The van der Waals surface area contributed by atoms with Crippen LogP contribution in [0.1, 0.15) is 64.4 Å². The number of amides is 1. The minimum absolute atomic E-state index is 0.0283. The van der Waals surface area contributed by atoms with Crippen LogP contribution in [-0.2, 0) is 9.47 Å². The number of carbonyl (C=O) groups is 1. The lowest BCUT2D eigenvalue weighted by Gasteiger charge is -2.47. The van der Waals surface area contributed by atoms with E-state index in [1.807, 2.05) is 11.8 Å². The van der Waals surface area contributed by atoms with E-state index in [0.29, 0.717) is 44.2 Å². The van der Waals surface area contributed by atoms with E-state index in [0.717, 1.165) is 58.0 Å². The molecule has 4 fully saturated rings. The number of aliphatic hydroxyl groups is 1. The summed E-state index contributed by atoms with van der Waals surface area (Å²) in [5, 5.41) is 22.7. The zero-order valence-electron chi connectivity index (χ0n) is 33.9. The largest absolute Gasteiger partial charge is 0.508 e. The second-order valence-electron chi connectivity index (χ2n) is 16.8. The molecule has 4 aliphatic rings. The lowest BCUT2D eigenvalue weighted by atomic mass is 9.75. The minimum atomic E-state index is -1.27.